The maximum absolute atomic E-state index is 13.9. The Hall–Kier alpha value is -4.81. The van der Waals surface area contributed by atoms with Crippen LogP contribution in [-0.2, 0) is 22.4 Å². The molecule has 4 aromatic rings. The first-order valence-electron chi connectivity index (χ1n) is 16.5. The number of benzene rings is 4. The van der Waals surface area contributed by atoms with Gasteiger partial charge in [0.25, 0.3) is 17.7 Å². The first-order chi connectivity index (χ1) is 25.1. The van der Waals surface area contributed by atoms with Gasteiger partial charge in [0.1, 0.15) is 5.75 Å². The monoisotopic (exact) mass is 765 g/mol. The number of halogens is 3. The lowest BCUT2D eigenvalue weighted by molar-refractivity contribution is -0.133. The Balaban J connectivity index is 1.17. The van der Waals surface area contributed by atoms with Crippen molar-refractivity contribution >= 4 is 58.4 Å². The summed E-state index contributed by atoms with van der Waals surface area (Å²) in [4.78, 5) is 55.5. The van der Waals surface area contributed by atoms with Crippen molar-refractivity contribution in [2.45, 2.75) is 31.4 Å². The molecule has 2 atom stereocenters. The largest absolute Gasteiger partial charge is 0.482 e. The van der Waals surface area contributed by atoms with E-state index in [1.165, 1.54) is 17.0 Å². The third-order valence-corrected chi connectivity index (χ3v) is 9.76. The Morgan fingerprint density at radius 2 is 1.52 bits per heavy atom. The molecule has 2 aliphatic rings. The lowest BCUT2D eigenvalue weighted by Crippen LogP contribution is -2.52. The standard InChI is InChI=1S/C38H34Cl3N3O8/c39-27-18-29(41)33(19-28(27)40)50-21-35(46)42-30(16-23-6-2-1-3-7-23)31(45)20-43(14-12-24-10-11-32-34(17-24)52-22-51-32)36(47)13-15-44-37(48)25-8-4-5-9-26(25)38(44)49/h1-11,17-19,30-31,45H,12-16,20-22H2,(H,42,46)/t30-,31+/m0/s1. The molecule has 0 radical (unpaired) electrons. The van der Waals surface area contributed by atoms with E-state index in [1.54, 1.807) is 30.3 Å². The van der Waals surface area contributed by atoms with Gasteiger partial charge >= 0.3 is 0 Å². The highest BCUT2D eigenvalue weighted by molar-refractivity contribution is 6.43. The maximum Gasteiger partial charge on any atom is 0.261 e. The van der Waals surface area contributed by atoms with Crippen LogP contribution < -0.4 is 19.5 Å². The zero-order valence-electron chi connectivity index (χ0n) is 27.7. The minimum Gasteiger partial charge on any atom is -0.482 e. The molecule has 4 amide bonds. The summed E-state index contributed by atoms with van der Waals surface area (Å²) < 4.78 is 16.5. The van der Waals surface area contributed by atoms with Crippen LogP contribution in [0.3, 0.4) is 0 Å². The second kappa shape index (κ2) is 16.7. The van der Waals surface area contributed by atoms with Crippen molar-refractivity contribution in [1.82, 2.24) is 15.1 Å². The quantitative estimate of drug-likeness (QED) is 0.118. The number of fused-ring (bicyclic) bond motifs is 2. The first-order valence-corrected chi connectivity index (χ1v) is 17.6. The average Bonchev–Trinajstić information content (AvgIpc) is 3.71. The number of ether oxygens (including phenoxy) is 3. The third kappa shape index (κ3) is 8.79. The molecule has 0 fully saturated rings. The molecule has 0 bridgehead atoms. The molecule has 2 aliphatic heterocycles. The Labute approximate surface area is 314 Å². The van der Waals surface area contributed by atoms with Gasteiger partial charge in [-0.1, -0.05) is 83.3 Å². The molecule has 0 aliphatic carbocycles. The van der Waals surface area contributed by atoms with Crippen LogP contribution in [-0.4, -0.2) is 83.7 Å². The number of rotatable bonds is 15. The highest BCUT2D eigenvalue weighted by atomic mass is 35.5. The molecular weight excluding hydrogens is 733 g/mol. The Morgan fingerprint density at radius 1 is 0.846 bits per heavy atom. The maximum atomic E-state index is 13.9. The Bertz CT molecular complexity index is 1940. The van der Waals surface area contributed by atoms with E-state index in [4.69, 9.17) is 49.0 Å². The molecule has 2 N–H and O–H groups in total. The summed E-state index contributed by atoms with van der Waals surface area (Å²) in [6.45, 7) is -0.442. The van der Waals surface area contributed by atoms with Crippen LogP contribution in [0.4, 0.5) is 0 Å². The molecule has 2 heterocycles. The second-order valence-electron chi connectivity index (χ2n) is 12.3. The third-order valence-electron chi connectivity index (χ3n) is 8.74. The van der Waals surface area contributed by atoms with E-state index in [9.17, 15) is 24.3 Å². The van der Waals surface area contributed by atoms with Gasteiger partial charge in [-0.3, -0.25) is 24.1 Å². The van der Waals surface area contributed by atoms with Gasteiger partial charge in [0.05, 0.1) is 38.3 Å². The van der Waals surface area contributed by atoms with Crippen LogP contribution in [0, 0.1) is 0 Å². The van der Waals surface area contributed by atoms with Gasteiger partial charge in [-0.25, -0.2) is 0 Å². The summed E-state index contributed by atoms with van der Waals surface area (Å²) in [5, 5.41) is 15.1. The van der Waals surface area contributed by atoms with E-state index >= 15 is 0 Å². The lowest BCUT2D eigenvalue weighted by atomic mass is 10.00. The summed E-state index contributed by atoms with van der Waals surface area (Å²) in [5.74, 6) is -0.492. The van der Waals surface area contributed by atoms with E-state index < -0.39 is 42.4 Å². The number of carbonyl (C=O) groups is 4. The van der Waals surface area contributed by atoms with Crippen LogP contribution in [0.1, 0.15) is 38.3 Å². The number of nitrogens with one attached hydrogen (secondary N) is 1. The molecular formula is C38H34Cl3N3O8. The summed E-state index contributed by atoms with van der Waals surface area (Å²) in [5.41, 5.74) is 2.29. The smallest absolute Gasteiger partial charge is 0.261 e. The van der Waals surface area contributed by atoms with Crippen molar-refractivity contribution in [1.29, 1.82) is 0 Å². The normalized spacial score (nSPS) is 14.2. The minimum absolute atomic E-state index is 0.118. The van der Waals surface area contributed by atoms with Crippen LogP contribution in [0.25, 0.3) is 0 Å². The number of nitrogens with zero attached hydrogens (tertiary/aromatic N) is 2. The van der Waals surface area contributed by atoms with E-state index in [-0.39, 0.29) is 60.1 Å². The second-order valence-corrected chi connectivity index (χ2v) is 13.5. The van der Waals surface area contributed by atoms with Gasteiger partial charge in [0, 0.05) is 32.1 Å². The van der Waals surface area contributed by atoms with Crippen LogP contribution in [0.5, 0.6) is 17.2 Å². The van der Waals surface area contributed by atoms with E-state index in [1.807, 2.05) is 42.5 Å². The zero-order valence-corrected chi connectivity index (χ0v) is 30.0. The van der Waals surface area contributed by atoms with Crippen molar-refractivity contribution in [2.24, 2.45) is 0 Å². The molecule has 0 spiro atoms. The number of hydrogen-bond donors (Lipinski definition) is 2. The van der Waals surface area contributed by atoms with Crippen LogP contribution in [0.15, 0.2) is 84.9 Å². The van der Waals surface area contributed by atoms with Crippen molar-refractivity contribution in [3.63, 3.8) is 0 Å². The zero-order chi connectivity index (χ0) is 36.8. The minimum atomic E-state index is -1.24. The lowest BCUT2D eigenvalue weighted by Gasteiger charge is -2.31. The molecule has 270 valence electrons. The number of amides is 4. The molecule has 0 unspecified atom stereocenters. The van der Waals surface area contributed by atoms with Gasteiger partial charge in [-0.15, -0.1) is 0 Å². The molecule has 0 aromatic heterocycles. The topological polar surface area (TPSA) is 135 Å². The number of carbonyl (C=O) groups excluding carboxylic acids is 4. The van der Waals surface area contributed by atoms with E-state index in [2.05, 4.69) is 5.32 Å². The molecule has 0 saturated heterocycles. The molecule has 0 saturated carbocycles. The first kappa shape index (κ1) is 37.0. The van der Waals surface area contributed by atoms with Crippen molar-refractivity contribution in [2.75, 3.05) is 33.0 Å². The number of aliphatic hydroxyl groups excluding tert-OH is 1. The molecule has 14 heteroatoms. The molecule has 4 aromatic carbocycles. The summed E-state index contributed by atoms with van der Waals surface area (Å²) in [6.07, 6.45) is -0.776. The van der Waals surface area contributed by atoms with Crippen LogP contribution in [0.2, 0.25) is 15.1 Å². The molecule has 11 nitrogen and oxygen atoms in total. The van der Waals surface area contributed by atoms with Gasteiger partial charge in [0.2, 0.25) is 12.7 Å². The Morgan fingerprint density at radius 3 is 2.25 bits per heavy atom. The van der Waals surface area contributed by atoms with Crippen molar-refractivity contribution in [3.05, 3.63) is 122 Å². The van der Waals surface area contributed by atoms with Crippen LogP contribution >= 0.6 is 34.8 Å². The van der Waals surface area contributed by atoms with Crippen molar-refractivity contribution < 1.29 is 38.5 Å². The number of aliphatic hydroxyl groups is 1. The van der Waals surface area contributed by atoms with Gasteiger partial charge in [-0.2, -0.15) is 0 Å². The van der Waals surface area contributed by atoms with Crippen molar-refractivity contribution in [3.8, 4) is 17.2 Å². The highest BCUT2D eigenvalue weighted by Gasteiger charge is 2.36. The predicted molar refractivity (Wildman–Crippen MR) is 194 cm³/mol. The van der Waals surface area contributed by atoms with E-state index in [0.717, 1.165) is 16.0 Å². The summed E-state index contributed by atoms with van der Waals surface area (Å²) in [7, 11) is 0. The molecule has 52 heavy (non-hydrogen) atoms. The predicted octanol–water partition coefficient (Wildman–Crippen LogP) is 5.60. The number of imide groups is 1. The fourth-order valence-corrected chi connectivity index (χ4v) is 6.59. The summed E-state index contributed by atoms with van der Waals surface area (Å²) in [6, 6.07) is 23.2. The van der Waals surface area contributed by atoms with Gasteiger partial charge in [-0.05, 0) is 54.3 Å². The highest BCUT2D eigenvalue weighted by Crippen LogP contribution is 2.34. The number of hydrogen-bond acceptors (Lipinski definition) is 8. The fraction of sp³-hybridized carbons (Fsp3) is 0.263. The van der Waals surface area contributed by atoms with Gasteiger partial charge < -0.3 is 29.5 Å². The summed E-state index contributed by atoms with van der Waals surface area (Å²) >= 11 is 18.3. The SMILES string of the molecule is O=C(COc1cc(Cl)c(Cl)cc1Cl)N[C@@H](Cc1ccccc1)[C@H](O)CN(CCc1ccc2c(c1)OCO2)C(=O)CCN1C(=O)c2ccccc2C1=O. The molecule has 6 rings (SSSR count). The fourth-order valence-electron chi connectivity index (χ4n) is 6.00. The average molecular weight is 767 g/mol. The van der Waals surface area contributed by atoms with Gasteiger partial charge in [0.15, 0.2) is 18.1 Å². The Kier molecular flexibility index (Phi) is 11.9. The van der Waals surface area contributed by atoms with E-state index in [0.29, 0.717) is 29.0 Å².